The molecular weight excluding hydrogens is 1750 g/mol. The first-order valence-corrected chi connectivity index (χ1v) is 44.8. The van der Waals surface area contributed by atoms with Gasteiger partial charge < -0.3 is 98.4 Å². The minimum absolute atomic E-state index is 0.0512. The van der Waals surface area contributed by atoms with E-state index in [4.69, 9.17) is 5.73 Å². The zero-order chi connectivity index (χ0) is 97.4. The fraction of sp³-hybridized carbons (Fsp3) is 0.426. The second-order valence-corrected chi connectivity index (χ2v) is 34.4. The summed E-state index contributed by atoms with van der Waals surface area (Å²) in [6, 6.07) is 17.7. The van der Waals surface area contributed by atoms with E-state index in [2.05, 4.69) is 52.8 Å². The van der Waals surface area contributed by atoms with Gasteiger partial charge in [0, 0.05) is 96.1 Å². The Morgan fingerprint density at radius 3 is 1.56 bits per heavy atom. The van der Waals surface area contributed by atoms with Crippen LogP contribution in [0, 0.1) is 23.4 Å². The number of nitrogens with zero attached hydrogens (tertiary/aromatic N) is 5. The van der Waals surface area contributed by atoms with Crippen molar-refractivity contribution in [1.29, 1.82) is 0 Å². The molecule has 35 nitrogen and oxygen atoms in total. The number of para-hydroxylation sites is 1. The molecule has 0 spiro atoms. The van der Waals surface area contributed by atoms with Gasteiger partial charge in [0.2, 0.25) is 88.6 Å². The number of carbonyl (C=O) groups is 16. The first-order valence-electron chi connectivity index (χ1n) is 43.6. The number of H-pyrrole nitrogens is 1. The monoisotopic (exact) mass is 1860 g/mol. The fourth-order valence-corrected chi connectivity index (χ4v) is 16.2. The summed E-state index contributed by atoms with van der Waals surface area (Å²) in [7, 11) is 4.94. The molecule has 714 valence electrons. The Bertz CT molecular complexity index is 5250. The van der Waals surface area contributed by atoms with Gasteiger partial charge in [0.05, 0.1) is 31.8 Å². The maximum atomic E-state index is 15.7. The molecular formula is C94H117F3N16O19S. The molecule has 11 atom stereocenters. The zero-order valence-electron chi connectivity index (χ0n) is 75.5. The molecule has 1 fully saturated rings. The second kappa shape index (κ2) is 50.5. The van der Waals surface area contributed by atoms with Crippen molar-refractivity contribution in [3.8, 4) is 11.5 Å². The number of hydrogen-bond acceptors (Lipinski definition) is 19. The number of primary amides is 1. The number of carboxylic acids is 1. The van der Waals surface area contributed by atoms with E-state index in [1.807, 2.05) is 6.92 Å². The smallest absolute Gasteiger partial charge is 0.305 e. The highest BCUT2D eigenvalue weighted by atomic mass is 32.2. The number of unbranched alkanes of at least 4 members (excludes halogenated alkanes) is 2. The normalized spacial score (nSPS) is 21.6. The SMILES string of the molecule is CCCCC[C@H]1C(=O)N(CCC)CC(=O)N[C@@H](CC(=O)O)C(=O)N[C@@H](C)C(=O)N(C)[C@@H](Cc2ccccc2)C(=O)N[C@@H](Cc2ccc(O)cc2)C(=O)N(C)CC(=O)N[C@@H](Cc2c[nH]c3ccccc23)C(=O)N[C@@H](Cc2ccc(O)cc2)C(=O)N[C@@H](CC(C)C)C(=O)N[C@H](C(=O)NCC(N)=O)CSCC(=O)N[C@@H](Cc2cc(F)c(F)c(F)c2)C(=O)N(C)[C@@H](Cc2ccccc2)C(=O)N1C. The van der Waals surface area contributed by atoms with E-state index in [1.165, 1.54) is 83.6 Å². The number of aliphatic carboxylic acids is 1. The molecule has 0 bridgehead atoms. The van der Waals surface area contributed by atoms with Crippen LogP contribution in [-0.2, 0) is 115 Å². The lowest BCUT2D eigenvalue weighted by Crippen LogP contribution is -2.60. The molecule has 133 heavy (non-hydrogen) atoms. The predicted molar refractivity (Wildman–Crippen MR) is 487 cm³/mol. The number of benzene rings is 6. The summed E-state index contributed by atoms with van der Waals surface area (Å²) in [5.41, 5.74) is 7.86. The molecule has 0 radical (unpaired) electrons. The number of aromatic hydroxyl groups is 2. The van der Waals surface area contributed by atoms with Crippen LogP contribution in [0.2, 0.25) is 0 Å². The number of thioether (sulfide) groups is 1. The molecule has 1 saturated heterocycles. The standard InChI is InChI=1S/C94H117F3N16O19S/c1-10-12-15-28-75-94(132)113(37-11-2)51-80(118)103-71(47-82(120)121)85(123)101-55(5)90(128)111(8)76(44-56-22-16-13-17-23-56)89(127)107-72(42-59-31-35-63(115)36-32-59)91(129)109(6)50-79(117)102-70(46-61-48-99-67-27-21-20-26-64(61)67)88(126)106-69(41-58-29-33-62(114)34-30-58)87(125)105-68(38-54(3)4)86(124)108-74(84(122)100-49-78(98)116)52-133-53-81(119)104-73(43-60-39-65(95)83(97)66(96)40-60)92(130)112(9)77(93(131)110(75)7)45-57-24-18-14-19-25-57/h13-14,16-27,29-36,39-40,48,54-55,68-77,99,114-115H,10-12,15,28,37-38,41-47,49-53H2,1-9H3,(H2,98,116)(H,100,122)(H,101,123)(H,102,117)(H,103,118)(H,104,119)(H,105,125)(H,106,126)(H,107,127)(H,108,124)(H,120,121)/t55-,68-,69-,70-,71-,72-,73-,74-,75-,76-,77-/m0/s1. The fourth-order valence-electron chi connectivity index (χ4n) is 15.3. The van der Waals surface area contributed by atoms with Gasteiger partial charge in [-0.2, -0.15) is 0 Å². The molecule has 0 saturated carbocycles. The second-order valence-electron chi connectivity index (χ2n) is 33.4. The number of amides is 15. The van der Waals surface area contributed by atoms with Crippen molar-refractivity contribution in [2.75, 3.05) is 65.9 Å². The van der Waals surface area contributed by atoms with E-state index < -0.39 is 228 Å². The quantitative estimate of drug-likeness (QED) is 0.0288. The number of rotatable bonds is 25. The number of nitrogens with one attached hydrogen (secondary N) is 10. The Hall–Kier alpha value is -13.9. The molecule has 15 N–H and O–H groups in total. The van der Waals surface area contributed by atoms with Gasteiger partial charge in [-0.05, 0) is 108 Å². The van der Waals surface area contributed by atoms with Crippen LogP contribution < -0.4 is 53.6 Å². The van der Waals surface area contributed by atoms with E-state index in [-0.39, 0.29) is 75.0 Å². The molecule has 15 amide bonds. The third kappa shape index (κ3) is 31.4. The average molecular weight is 1860 g/mol. The summed E-state index contributed by atoms with van der Waals surface area (Å²) in [5, 5.41) is 54.8. The molecule has 7 aromatic rings. The summed E-state index contributed by atoms with van der Waals surface area (Å²) in [6.07, 6.45) is -0.335. The Labute approximate surface area is 772 Å². The summed E-state index contributed by atoms with van der Waals surface area (Å²) in [6.45, 7) is 5.56. The highest BCUT2D eigenvalue weighted by Crippen LogP contribution is 2.26. The molecule has 0 unspecified atom stereocenters. The number of fused-ring (bicyclic) bond motifs is 1. The number of nitrogens with two attached hydrogens (primary N) is 1. The lowest BCUT2D eigenvalue weighted by molar-refractivity contribution is -0.151. The van der Waals surface area contributed by atoms with Crippen LogP contribution in [0.1, 0.15) is 113 Å². The van der Waals surface area contributed by atoms with Gasteiger partial charge in [0.1, 0.15) is 78.0 Å². The molecule has 1 aromatic heterocycles. The van der Waals surface area contributed by atoms with Gasteiger partial charge in [-0.1, -0.05) is 150 Å². The molecule has 1 aliphatic heterocycles. The van der Waals surface area contributed by atoms with Crippen LogP contribution in [-0.4, -0.2) is 272 Å². The van der Waals surface area contributed by atoms with Crippen molar-refractivity contribution in [2.24, 2.45) is 11.7 Å². The van der Waals surface area contributed by atoms with Crippen LogP contribution in [0.25, 0.3) is 10.9 Å². The van der Waals surface area contributed by atoms with Gasteiger partial charge in [0.25, 0.3) is 0 Å². The maximum absolute atomic E-state index is 15.7. The summed E-state index contributed by atoms with van der Waals surface area (Å²) < 4.78 is 45.1. The van der Waals surface area contributed by atoms with Gasteiger partial charge in [-0.15, -0.1) is 11.8 Å². The van der Waals surface area contributed by atoms with Crippen LogP contribution in [0.5, 0.6) is 11.5 Å². The van der Waals surface area contributed by atoms with Gasteiger partial charge in [-0.25, -0.2) is 13.2 Å². The number of aromatic amines is 1. The first-order chi connectivity index (χ1) is 63.2. The van der Waals surface area contributed by atoms with E-state index in [0.717, 1.165) is 24.5 Å². The molecule has 8 rings (SSSR count). The lowest BCUT2D eigenvalue weighted by Gasteiger charge is -2.37. The number of aromatic nitrogens is 1. The van der Waals surface area contributed by atoms with Crippen molar-refractivity contribution in [3.05, 3.63) is 203 Å². The molecule has 1 aliphatic rings. The van der Waals surface area contributed by atoms with E-state index in [9.17, 15) is 62.9 Å². The summed E-state index contributed by atoms with van der Waals surface area (Å²) >= 11 is 0.670. The Balaban J connectivity index is 1.23. The van der Waals surface area contributed by atoms with Crippen LogP contribution >= 0.6 is 11.8 Å². The average Bonchev–Trinajstić information content (AvgIpc) is 1.76. The molecule has 2 heterocycles. The minimum Gasteiger partial charge on any atom is -0.508 e. The van der Waals surface area contributed by atoms with E-state index in [1.54, 1.807) is 112 Å². The summed E-state index contributed by atoms with van der Waals surface area (Å²) in [5.74, 6) is -23.7. The van der Waals surface area contributed by atoms with Crippen LogP contribution in [0.15, 0.2) is 152 Å². The highest BCUT2D eigenvalue weighted by molar-refractivity contribution is 8.00. The largest absolute Gasteiger partial charge is 0.508 e. The van der Waals surface area contributed by atoms with Gasteiger partial charge >= 0.3 is 5.97 Å². The van der Waals surface area contributed by atoms with Crippen molar-refractivity contribution >= 4 is 117 Å². The van der Waals surface area contributed by atoms with Crippen LogP contribution in [0.4, 0.5) is 13.2 Å². The first kappa shape index (κ1) is 104. The Morgan fingerprint density at radius 2 is 0.985 bits per heavy atom. The highest BCUT2D eigenvalue weighted by Gasteiger charge is 2.42. The van der Waals surface area contributed by atoms with E-state index in [0.29, 0.717) is 81.9 Å². The molecule has 39 heteroatoms. The zero-order valence-corrected chi connectivity index (χ0v) is 76.3. The number of carbonyl (C=O) groups excluding carboxylic acids is 15. The van der Waals surface area contributed by atoms with E-state index >= 15 is 42.3 Å². The summed E-state index contributed by atoms with van der Waals surface area (Å²) in [4.78, 5) is 243. The number of phenolic OH excluding ortho intramolecular Hbond substituents is 2. The molecule has 6 aromatic carbocycles. The number of likely N-dealkylation sites (N-methyl/N-ethyl adjacent to an activating group) is 4. The third-order valence-electron chi connectivity index (χ3n) is 22.4. The Morgan fingerprint density at radius 1 is 0.496 bits per heavy atom. The number of hydrogen-bond donors (Lipinski definition) is 14. The van der Waals surface area contributed by atoms with Crippen molar-refractivity contribution < 1.29 is 105 Å². The number of carboxylic acid groups (broad SMARTS) is 1. The number of halogens is 3. The van der Waals surface area contributed by atoms with Crippen LogP contribution in [0.3, 0.4) is 0 Å². The lowest BCUT2D eigenvalue weighted by atomic mass is 9.99. The third-order valence-corrected chi connectivity index (χ3v) is 23.4. The van der Waals surface area contributed by atoms with Crippen molar-refractivity contribution in [2.45, 2.75) is 185 Å². The molecule has 0 aliphatic carbocycles. The maximum Gasteiger partial charge on any atom is 0.305 e. The topological polar surface area (TPSA) is 500 Å². The van der Waals surface area contributed by atoms with Gasteiger partial charge in [0.15, 0.2) is 17.5 Å². The Kier molecular flexibility index (Phi) is 39.7. The predicted octanol–water partition coefficient (Wildman–Crippen LogP) is 3.28. The minimum atomic E-state index is -1.95. The van der Waals surface area contributed by atoms with Crippen molar-refractivity contribution in [1.82, 2.24) is 77.3 Å². The van der Waals surface area contributed by atoms with Gasteiger partial charge in [-0.3, -0.25) is 76.7 Å². The number of phenols is 2. The van der Waals surface area contributed by atoms with Crippen molar-refractivity contribution in [3.63, 3.8) is 0 Å².